The van der Waals surface area contributed by atoms with Crippen LogP contribution in [0, 0.1) is 5.41 Å². The van der Waals surface area contributed by atoms with Crippen LogP contribution < -0.4 is 5.32 Å². The maximum absolute atomic E-state index is 11.7. The Morgan fingerprint density at radius 1 is 1.04 bits per heavy atom. The van der Waals surface area contributed by atoms with E-state index in [1.54, 1.807) is 36.4 Å². The maximum Gasteiger partial charge on any atom is 0.356 e. The van der Waals surface area contributed by atoms with Gasteiger partial charge in [0.15, 0.2) is 11.5 Å². The number of nitrogens with zero attached hydrogens (tertiary/aromatic N) is 2. The molecule has 3 aromatic rings. The highest BCUT2D eigenvalue weighted by molar-refractivity contribution is 5.93. The Morgan fingerprint density at radius 2 is 1.79 bits per heavy atom. The van der Waals surface area contributed by atoms with Crippen LogP contribution in [0.25, 0.3) is 11.3 Å². The molecule has 0 aliphatic carbocycles. The van der Waals surface area contributed by atoms with Gasteiger partial charge < -0.3 is 15.5 Å². The summed E-state index contributed by atoms with van der Waals surface area (Å²) < 4.78 is 4.69. The van der Waals surface area contributed by atoms with Crippen LogP contribution in [0.15, 0.2) is 54.6 Å². The number of nitrogens with one attached hydrogen (secondary N) is 2. The summed E-state index contributed by atoms with van der Waals surface area (Å²) in [5.41, 5.74) is 3.24. The van der Waals surface area contributed by atoms with Crippen LogP contribution in [-0.4, -0.2) is 35.0 Å². The lowest BCUT2D eigenvalue weighted by molar-refractivity contribution is 0.0594. The average molecular weight is 374 g/mol. The molecule has 0 bridgehead atoms. The smallest absolute Gasteiger partial charge is 0.356 e. The molecule has 0 radical (unpaired) electrons. The molecule has 2 aromatic heterocycles. The third-order valence-electron chi connectivity index (χ3n) is 4.02. The van der Waals surface area contributed by atoms with Gasteiger partial charge in [-0.2, -0.15) is 0 Å². The summed E-state index contributed by atoms with van der Waals surface area (Å²) in [5.74, 6) is -0.205. The molecule has 2 heterocycles. The van der Waals surface area contributed by atoms with Gasteiger partial charge in [-0.05, 0) is 30.3 Å². The van der Waals surface area contributed by atoms with E-state index in [1.165, 1.54) is 20.2 Å². The van der Waals surface area contributed by atoms with Crippen LogP contribution in [0.1, 0.15) is 33.5 Å². The summed E-state index contributed by atoms with van der Waals surface area (Å²) in [7, 11) is 1.29. The number of Topliss-reactive ketones (excluding diaryl/α,β-unsaturated/α-hetero) is 1. The Bertz CT molecular complexity index is 1060. The maximum atomic E-state index is 11.7. The monoisotopic (exact) mass is 374 g/mol. The fourth-order valence-corrected chi connectivity index (χ4v) is 2.60. The molecule has 0 saturated heterocycles. The molecule has 0 unspecified atom stereocenters. The van der Waals surface area contributed by atoms with Crippen molar-refractivity contribution >= 4 is 29.5 Å². The molecular formula is C21H18N4O3. The number of carbonyl (C=O) groups is 2. The Morgan fingerprint density at radius 3 is 2.50 bits per heavy atom. The number of aromatic nitrogens is 2. The third kappa shape index (κ3) is 4.09. The van der Waals surface area contributed by atoms with Crippen LogP contribution in [-0.2, 0) is 4.74 Å². The molecular weight excluding hydrogens is 356 g/mol. The van der Waals surface area contributed by atoms with E-state index < -0.39 is 5.97 Å². The van der Waals surface area contributed by atoms with E-state index in [0.717, 1.165) is 5.56 Å². The summed E-state index contributed by atoms with van der Waals surface area (Å²) in [6.07, 6.45) is 1.22. The second-order valence-corrected chi connectivity index (χ2v) is 5.94. The lowest BCUT2D eigenvalue weighted by atomic mass is 10.1. The predicted octanol–water partition coefficient (Wildman–Crippen LogP) is 3.87. The van der Waals surface area contributed by atoms with Gasteiger partial charge in [0.2, 0.25) is 0 Å². The van der Waals surface area contributed by atoms with Gasteiger partial charge in [-0.15, -0.1) is 0 Å². The van der Waals surface area contributed by atoms with Crippen molar-refractivity contribution in [2.45, 2.75) is 6.92 Å². The van der Waals surface area contributed by atoms with Crippen molar-refractivity contribution in [3.63, 3.8) is 0 Å². The molecule has 1 aromatic carbocycles. The molecule has 0 atom stereocenters. The van der Waals surface area contributed by atoms with Crippen molar-refractivity contribution in [3.05, 3.63) is 71.5 Å². The highest BCUT2D eigenvalue weighted by Gasteiger charge is 2.11. The number of hydrogen-bond acceptors (Lipinski definition) is 7. The second-order valence-electron chi connectivity index (χ2n) is 5.94. The number of rotatable bonds is 6. The van der Waals surface area contributed by atoms with Crippen LogP contribution in [0.4, 0.5) is 11.5 Å². The van der Waals surface area contributed by atoms with E-state index in [1.807, 2.05) is 18.2 Å². The highest BCUT2D eigenvalue weighted by atomic mass is 16.5. The van der Waals surface area contributed by atoms with Gasteiger partial charge in [0.25, 0.3) is 0 Å². The Kier molecular flexibility index (Phi) is 5.55. The van der Waals surface area contributed by atoms with Gasteiger partial charge in [-0.3, -0.25) is 4.79 Å². The number of carbonyl (C=O) groups excluding carboxylic acids is 2. The fourth-order valence-electron chi connectivity index (χ4n) is 2.60. The SMILES string of the molecule is COC(=O)c1cccc(Nc2cc(-c3cccc(C(C)=O)n3)ccc2C=N)n1. The van der Waals surface area contributed by atoms with Crippen molar-refractivity contribution in [1.29, 1.82) is 5.41 Å². The number of hydrogen-bond donors (Lipinski definition) is 2. The summed E-state index contributed by atoms with van der Waals surface area (Å²) >= 11 is 0. The molecule has 0 spiro atoms. The van der Waals surface area contributed by atoms with Gasteiger partial charge in [0.1, 0.15) is 11.5 Å². The van der Waals surface area contributed by atoms with Crippen LogP contribution in [0.5, 0.6) is 0 Å². The lowest BCUT2D eigenvalue weighted by Crippen LogP contribution is -2.06. The van der Waals surface area contributed by atoms with E-state index in [2.05, 4.69) is 15.3 Å². The van der Waals surface area contributed by atoms with Crippen molar-refractivity contribution in [2.75, 3.05) is 12.4 Å². The van der Waals surface area contributed by atoms with Gasteiger partial charge in [-0.1, -0.05) is 24.3 Å². The van der Waals surface area contributed by atoms with Crippen LogP contribution in [0.3, 0.4) is 0 Å². The first-order valence-corrected chi connectivity index (χ1v) is 8.47. The standard InChI is InChI=1S/C21H18N4O3/c1-13(26)16-5-3-6-17(23-16)14-9-10-15(12-22)19(11-14)25-20-8-4-7-18(24-20)21(27)28-2/h3-12,22H,1-2H3,(H,24,25). The lowest BCUT2D eigenvalue weighted by Gasteiger charge is -2.12. The van der Waals surface area contributed by atoms with E-state index in [0.29, 0.717) is 28.5 Å². The largest absolute Gasteiger partial charge is 0.464 e. The van der Waals surface area contributed by atoms with Gasteiger partial charge >= 0.3 is 5.97 Å². The van der Waals surface area contributed by atoms with E-state index in [9.17, 15) is 9.59 Å². The summed E-state index contributed by atoms with van der Waals surface area (Å²) in [5, 5.41) is 10.8. The molecule has 7 heteroatoms. The first kappa shape index (κ1) is 18.9. The van der Waals surface area contributed by atoms with Gasteiger partial charge in [0.05, 0.1) is 12.8 Å². The zero-order chi connectivity index (χ0) is 20.1. The molecule has 3 rings (SSSR count). The predicted molar refractivity (Wildman–Crippen MR) is 106 cm³/mol. The molecule has 0 aliphatic rings. The second kappa shape index (κ2) is 8.22. The minimum Gasteiger partial charge on any atom is -0.464 e. The normalized spacial score (nSPS) is 10.2. The molecule has 0 aliphatic heterocycles. The number of methoxy groups -OCH3 is 1. The number of anilines is 2. The summed E-state index contributed by atoms with van der Waals surface area (Å²) in [6, 6.07) is 15.6. The van der Waals surface area contributed by atoms with Crippen LogP contribution in [0.2, 0.25) is 0 Å². The van der Waals surface area contributed by atoms with Crippen molar-refractivity contribution < 1.29 is 14.3 Å². The molecule has 0 fully saturated rings. The minimum absolute atomic E-state index is 0.111. The quantitative estimate of drug-likeness (QED) is 0.385. The minimum atomic E-state index is -0.532. The molecule has 0 saturated carbocycles. The summed E-state index contributed by atoms with van der Waals surface area (Å²) in [6.45, 7) is 1.47. The topological polar surface area (TPSA) is 105 Å². The van der Waals surface area contributed by atoms with Crippen molar-refractivity contribution in [2.24, 2.45) is 0 Å². The van der Waals surface area contributed by atoms with E-state index >= 15 is 0 Å². The highest BCUT2D eigenvalue weighted by Crippen LogP contribution is 2.26. The third-order valence-corrected chi connectivity index (χ3v) is 4.02. The van der Waals surface area contributed by atoms with E-state index in [4.69, 9.17) is 10.1 Å². The fraction of sp³-hybridized carbons (Fsp3) is 0.0952. The Labute approximate surface area is 161 Å². The Balaban J connectivity index is 1.98. The molecule has 2 N–H and O–H groups in total. The molecule has 0 amide bonds. The zero-order valence-corrected chi connectivity index (χ0v) is 15.4. The van der Waals surface area contributed by atoms with E-state index in [-0.39, 0.29) is 11.5 Å². The Hall–Kier alpha value is -3.87. The average Bonchev–Trinajstić information content (AvgIpc) is 2.73. The van der Waals surface area contributed by atoms with Gasteiger partial charge in [-0.25, -0.2) is 14.8 Å². The molecule has 7 nitrogen and oxygen atoms in total. The first-order chi connectivity index (χ1) is 13.5. The molecule has 28 heavy (non-hydrogen) atoms. The van der Waals surface area contributed by atoms with Crippen LogP contribution >= 0.6 is 0 Å². The number of esters is 1. The summed E-state index contributed by atoms with van der Waals surface area (Å²) in [4.78, 5) is 31.9. The van der Waals surface area contributed by atoms with Crippen molar-refractivity contribution in [3.8, 4) is 11.3 Å². The molecule has 140 valence electrons. The number of ketones is 1. The van der Waals surface area contributed by atoms with Gasteiger partial charge in [0, 0.05) is 30.0 Å². The zero-order valence-electron chi connectivity index (χ0n) is 15.4. The number of pyridine rings is 2. The number of benzene rings is 1. The number of ether oxygens (including phenoxy) is 1. The first-order valence-electron chi connectivity index (χ1n) is 8.47. The van der Waals surface area contributed by atoms with Crippen molar-refractivity contribution in [1.82, 2.24) is 9.97 Å².